The standard InChI is InChI=1S/C15H20FN3/c1-2-19(11-12-6-8-18-9-7-12)15-5-3-4-14(16)13(15)10-17/h3-5,12,18H,2,6-9,11H2,1H3. The van der Waals surface area contributed by atoms with Crippen LogP contribution in [-0.2, 0) is 0 Å². The Morgan fingerprint density at radius 1 is 1.42 bits per heavy atom. The summed E-state index contributed by atoms with van der Waals surface area (Å²) in [5.41, 5.74) is 0.891. The molecule has 0 atom stereocenters. The van der Waals surface area contributed by atoms with E-state index in [9.17, 15) is 4.39 Å². The van der Waals surface area contributed by atoms with Crippen LogP contribution in [0.5, 0.6) is 0 Å². The second kappa shape index (κ2) is 6.53. The van der Waals surface area contributed by atoms with Crippen LogP contribution in [0.4, 0.5) is 10.1 Å². The first kappa shape index (κ1) is 13.8. The first-order chi connectivity index (χ1) is 9.26. The molecule has 1 fully saturated rings. The molecule has 0 aromatic heterocycles. The molecule has 0 spiro atoms. The lowest BCUT2D eigenvalue weighted by Crippen LogP contribution is -2.36. The Morgan fingerprint density at radius 3 is 2.79 bits per heavy atom. The molecule has 19 heavy (non-hydrogen) atoms. The van der Waals surface area contributed by atoms with Crippen molar-refractivity contribution in [1.29, 1.82) is 5.26 Å². The summed E-state index contributed by atoms with van der Waals surface area (Å²) < 4.78 is 13.7. The van der Waals surface area contributed by atoms with Crippen molar-refractivity contribution in [1.82, 2.24) is 5.32 Å². The Morgan fingerprint density at radius 2 is 2.16 bits per heavy atom. The van der Waals surface area contributed by atoms with Crippen molar-refractivity contribution in [2.75, 3.05) is 31.1 Å². The third kappa shape index (κ3) is 3.24. The molecule has 0 aliphatic carbocycles. The van der Waals surface area contributed by atoms with Crippen molar-refractivity contribution in [2.24, 2.45) is 5.92 Å². The van der Waals surface area contributed by atoms with E-state index in [1.54, 1.807) is 6.07 Å². The van der Waals surface area contributed by atoms with E-state index < -0.39 is 5.82 Å². The Hall–Kier alpha value is -1.60. The smallest absolute Gasteiger partial charge is 0.143 e. The lowest BCUT2D eigenvalue weighted by molar-refractivity contribution is 0.374. The highest BCUT2D eigenvalue weighted by molar-refractivity contribution is 5.59. The molecule has 0 amide bonds. The van der Waals surface area contributed by atoms with Gasteiger partial charge in [-0.25, -0.2) is 4.39 Å². The van der Waals surface area contributed by atoms with E-state index in [1.165, 1.54) is 6.07 Å². The second-order valence-corrected chi connectivity index (χ2v) is 4.98. The number of anilines is 1. The molecule has 3 nitrogen and oxygen atoms in total. The van der Waals surface area contributed by atoms with E-state index in [0.29, 0.717) is 5.92 Å². The van der Waals surface area contributed by atoms with Crippen LogP contribution in [-0.4, -0.2) is 26.2 Å². The highest BCUT2D eigenvalue weighted by Gasteiger charge is 2.19. The zero-order valence-corrected chi connectivity index (χ0v) is 11.3. The van der Waals surface area contributed by atoms with Crippen LogP contribution in [0, 0.1) is 23.1 Å². The van der Waals surface area contributed by atoms with Crippen molar-refractivity contribution in [2.45, 2.75) is 19.8 Å². The van der Waals surface area contributed by atoms with Crippen LogP contribution in [0.1, 0.15) is 25.3 Å². The summed E-state index contributed by atoms with van der Waals surface area (Å²) in [4.78, 5) is 2.12. The Labute approximate surface area is 114 Å². The van der Waals surface area contributed by atoms with Gasteiger partial charge in [-0.1, -0.05) is 6.07 Å². The van der Waals surface area contributed by atoms with Gasteiger partial charge in [0, 0.05) is 13.1 Å². The van der Waals surface area contributed by atoms with Gasteiger partial charge in [-0.2, -0.15) is 5.26 Å². The SMILES string of the molecule is CCN(CC1CCNCC1)c1cccc(F)c1C#N. The van der Waals surface area contributed by atoms with Gasteiger partial charge in [0.05, 0.1) is 5.69 Å². The number of piperidine rings is 1. The third-order valence-electron chi connectivity index (χ3n) is 3.76. The van der Waals surface area contributed by atoms with Crippen LogP contribution in [0.3, 0.4) is 0 Å². The molecular formula is C15H20FN3. The van der Waals surface area contributed by atoms with Crippen LogP contribution >= 0.6 is 0 Å². The summed E-state index contributed by atoms with van der Waals surface area (Å²) in [6.07, 6.45) is 2.29. The molecule has 0 radical (unpaired) electrons. The first-order valence-electron chi connectivity index (χ1n) is 6.90. The summed E-state index contributed by atoms with van der Waals surface area (Å²) in [7, 11) is 0. The predicted molar refractivity (Wildman–Crippen MR) is 74.6 cm³/mol. The van der Waals surface area contributed by atoms with Crippen molar-refractivity contribution in [3.8, 4) is 6.07 Å². The summed E-state index contributed by atoms with van der Waals surface area (Å²) in [5, 5.41) is 12.5. The number of nitrogens with one attached hydrogen (secondary N) is 1. The maximum Gasteiger partial charge on any atom is 0.143 e. The number of nitriles is 1. The topological polar surface area (TPSA) is 39.1 Å². The molecule has 1 aliphatic rings. The van der Waals surface area contributed by atoms with Gasteiger partial charge in [0.25, 0.3) is 0 Å². The maximum absolute atomic E-state index is 13.7. The molecular weight excluding hydrogens is 241 g/mol. The lowest BCUT2D eigenvalue weighted by atomic mass is 9.97. The minimum atomic E-state index is -0.427. The summed E-state index contributed by atoms with van der Waals surface area (Å²) in [6.45, 7) is 5.85. The number of rotatable bonds is 4. The number of halogens is 1. The van der Waals surface area contributed by atoms with Crippen molar-refractivity contribution in [3.63, 3.8) is 0 Å². The average molecular weight is 261 g/mol. The molecule has 1 aromatic carbocycles. The van der Waals surface area contributed by atoms with Gasteiger partial charge in [-0.3, -0.25) is 0 Å². The molecule has 1 heterocycles. The molecule has 1 aliphatic heterocycles. The third-order valence-corrected chi connectivity index (χ3v) is 3.76. The molecule has 102 valence electrons. The highest BCUT2D eigenvalue weighted by atomic mass is 19.1. The van der Waals surface area contributed by atoms with Crippen LogP contribution < -0.4 is 10.2 Å². The first-order valence-corrected chi connectivity index (χ1v) is 6.90. The van der Waals surface area contributed by atoms with Gasteiger partial charge in [0.1, 0.15) is 17.4 Å². The molecule has 0 unspecified atom stereocenters. The number of benzene rings is 1. The normalized spacial score (nSPS) is 16.1. The van der Waals surface area contributed by atoms with Gasteiger partial charge in [-0.05, 0) is 50.9 Å². The molecule has 4 heteroatoms. The summed E-state index contributed by atoms with van der Waals surface area (Å²) in [5.74, 6) is 0.194. The van der Waals surface area contributed by atoms with Crippen molar-refractivity contribution >= 4 is 5.69 Å². The van der Waals surface area contributed by atoms with Gasteiger partial charge in [-0.15, -0.1) is 0 Å². The number of hydrogen-bond acceptors (Lipinski definition) is 3. The van der Waals surface area contributed by atoms with Crippen LogP contribution in [0.25, 0.3) is 0 Å². The second-order valence-electron chi connectivity index (χ2n) is 4.98. The zero-order chi connectivity index (χ0) is 13.7. The molecule has 1 saturated heterocycles. The molecule has 2 rings (SSSR count). The van der Waals surface area contributed by atoms with Gasteiger partial charge in [0.2, 0.25) is 0 Å². The van der Waals surface area contributed by atoms with E-state index in [2.05, 4.69) is 10.2 Å². The fourth-order valence-electron chi connectivity index (χ4n) is 2.66. The maximum atomic E-state index is 13.7. The lowest BCUT2D eigenvalue weighted by Gasteiger charge is -2.31. The molecule has 1 aromatic rings. The minimum absolute atomic E-state index is 0.165. The minimum Gasteiger partial charge on any atom is -0.370 e. The number of nitrogens with zero attached hydrogens (tertiary/aromatic N) is 2. The van der Waals surface area contributed by atoms with Crippen LogP contribution in [0.2, 0.25) is 0 Å². The molecule has 1 N–H and O–H groups in total. The fraction of sp³-hybridized carbons (Fsp3) is 0.533. The zero-order valence-electron chi connectivity index (χ0n) is 11.3. The van der Waals surface area contributed by atoms with Crippen LogP contribution in [0.15, 0.2) is 18.2 Å². The number of hydrogen-bond donors (Lipinski definition) is 1. The Bertz CT molecular complexity index is 461. The van der Waals surface area contributed by atoms with Gasteiger partial charge < -0.3 is 10.2 Å². The summed E-state index contributed by atoms with van der Waals surface area (Å²) >= 11 is 0. The van der Waals surface area contributed by atoms with E-state index in [0.717, 1.165) is 44.7 Å². The van der Waals surface area contributed by atoms with E-state index in [-0.39, 0.29) is 5.56 Å². The molecule has 0 bridgehead atoms. The van der Waals surface area contributed by atoms with E-state index in [4.69, 9.17) is 5.26 Å². The predicted octanol–water partition coefficient (Wildman–Crippen LogP) is 2.52. The summed E-state index contributed by atoms with van der Waals surface area (Å²) in [6, 6.07) is 6.85. The Kier molecular flexibility index (Phi) is 4.75. The van der Waals surface area contributed by atoms with Gasteiger partial charge in [0.15, 0.2) is 0 Å². The van der Waals surface area contributed by atoms with Crippen molar-refractivity contribution < 1.29 is 4.39 Å². The monoisotopic (exact) mass is 261 g/mol. The fourth-order valence-corrected chi connectivity index (χ4v) is 2.66. The quantitative estimate of drug-likeness (QED) is 0.905. The average Bonchev–Trinajstić information content (AvgIpc) is 2.45. The largest absolute Gasteiger partial charge is 0.370 e. The van der Waals surface area contributed by atoms with Crippen molar-refractivity contribution in [3.05, 3.63) is 29.6 Å². The van der Waals surface area contributed by atoms with E-state index >= 15 is 0 Å². The highest BCUT2D eigenvalue weighted by Crippen LogP contribution is 2.25. The molecule has 0 saturated carbocycles. The van der Waals surface area contributed by atoms with Gasteiger partial charge >= 0.3 is 0 Å². The van der Waals surface area contributed by atoms with E-state index in [1.807, 2.05) is 19.1 Å². The Balaban J connectivity index is 2.17.